The Kier molecular flexibility index (Phi) is 4.03. The lowest BCUT2D eigenvalue weighted by Gasteiger charge is -2.26. The second-order valence-electron chi connectivity index (χ2n) is 5.59. The van der Waals surface area contributed by atoms with E-state index in [-0.39, 0.29) is 5.91 Å². The molecule has 110 valence electrons. The summed E-state index contributed by atoms with van der Waals surface area (Å²) in [7, 11) is 1.86. The lowest BCUT2D eigenvalue weighted by atomic mass is 10.2. The average Bonchev–Trinajstić information content (AvgIpc) is 3.05. The number of aryl methyl sites for hydroxylation is 1. The minimum Gasteiger partial charge on any atom is -0.380 e. The number of aromatic nitrogens is 2. The Morgan fingerprint density at radius 1 is 1.35 bits per heavy atom. The molecule has 2 aliphatic heterocycles. The van der Waals surface area contributed by atoms with Gasteiger partial charge >= 0.3 is 0 Å². The van der Waals surface area contributed by atoms with Crippen molar-refractivity contribution in [2.75, 3.05) is 39.4 Å². The summed E-state index contributed by atoms with van der Waals surface area (Å²) in [5.41, 5.74) is 0.669. The van der Waals surface area contributed by atoms with Crippen molar-refractivity contribution in [3.63, 3.8) is 0 Å². The molecule has 6 nitrogen and oxygen atoms in total. The maximum absolute atomic E-state index is 12.5. The average molecular weight is 278 g/mol. The van der Waals surface area contributed by atoms with Crippen LogP contribution in [0.5, 0.6) is 0 Å². The summed E-state index contributed by atoms with van der Waals surface area (Å²) in [5.74, 6) is 0.0921. The van der Waals surface area contributed by atoms with Crippen LogP contribution in [-0.4, -0.2) is 70.7 Å². The molecule has 1 aromatic rings. The molecular weight excluding hydrogens is 256 g/mol. The van der Waals surface area contributed by atoms with Gasteiger partial charge in [0.25, 0.3) is 5.91 Å². The molecule has 1 amide bonds. The number of imidazole rings is 1. The minimum absolute atomic E-state index is 0.0921. The van der Waals surface area contributed by atoms with Gasteiger partial charge in [-0.25, -0.2) is 4.98 Å². The highest BCUT2D eigenvalue weighted by molar-refractivity contribution is 5.92. The zero-order chi connectivity index (χ0) is 13.9. The van der Waals surface area contributed by atoms with Crippen LogP contribution in [0.25, 0.3) is 0 Å². The Labute approximate surface area is 119 Å². The van der Waals surface area contributed by atoms with Gasteiger partial charge in [0.15, 0.2) is 0 Å². The molecule has 0 bridgehead atoms. The first-order valence-corrected chi connectivity index (χ1v) is 7.33. The van der Waals surface area contributed by atoms with Crippen molar-refractivity contribution in [1.29, 1.82) is 0 Å². The van der Waals surface area contributed by atoms with E-state index < -0.39 is 0 Å². The van der Waals surface area contributed by atoms with Gasteiger partial charge in [0.2, 0.25) is 0 Å². The molecule has 3 rings (SSSR count). The summed E-state index contributed by atoms with van der Waals surface area (Å²) < 4.78 is 7.25. The minimum atomic E-state index is 0.0921. The van der Waals surface area contributed by atoms with Crippen LogP contribution in [0.1, 0.15) is 23.3 Å². The normalized spacial score (nSPS) is 24.9. The number of carbonyl (C=O) groups excluding carboxylic acids is 1. The molecule has 0 spiro atoms. The third-order valence-corrected chi connectivity index (χ3v) is 4.28. The van der Waals surface area contributed by atoms with Gasteiger partial charge in [-0.2, -0.15) is 0 Å². The van der Waals surface area contributed by atoms with E-state index in [1.165, 1.54) is 0 Å². The first-order chi connectivity index (χ1) is 9.75. The Morgan fingerprint density at radius 3 is 2.95 bits per heavy atom. The van der Waals surface area contributed by atoms with Gasteiger partial charge in [-0.1, -0.05) is 0 Å². The van der Waals surface area contributed by atoms with Gasteiger partial charge in [0.05, 0.1) is 19.1 Å². The summed E-state index contributed by atoms with van der Waals surface area (Å²) >= 11 is 0. The number of rotatable bonds is 2. The van der Waals surface area contributed by atoms with Crippen LogP contribution >= 0.6 is 0 Å². The smallest absolute Gasteiger partial charge is 0.272 e. The highest BCUT2D eigenvalue weighted by Gasteiger charge is 2.27. The second-order valence-corrected chi connectivity index (χ2v) is 5.59. The van der Waals surface area contributed by atoms with Gasteiger partial charge in [0.1, 0.15) is 5.69 Å². The highest BCUT2D eigenvalue weighted by Crippen LogP contribution is 2.16. The summed E-state index contributed by atoms with van der Waals surface area (Å²) in [6.45, 7) is 5.34. The Hall–Kier alpha value is -1.40. The van der Waals surface area contributed by atoms with E-state index in [1.54, 1.807) is 17.1 Å². The van der Waals surface area contributed by atoms with Crippen LogP contribution in [0.2, 0.25) is 0 Å². The molecule has 6 heteroatoms. The van der Waals surface area contributed by atoms with Crippen molar-refractivity contribution in [3.05, 3.63) is 18.2 Å². The van der Waals surface area contributed by atoms with Crippen molar-refractivity contribution < 1.29 is 9.53 Å². The van der Waals surface area contributed by atoms with Crippen molar-refractivity contribution in [1.82, 2.24) is 19.4 Å². The zero-order valence-electron chi connectivity index (χ0n) is 12.0. The summed E-state index contributed by atoms with van der Waals surface area (Å²) in [4.78, 5) is 20.9. The lowest BCUT2D eigenvalue weighted by molar-refractivity contribution is 0.0747. The number of hydrogen-bond donors (Lipinski definition) is 0. The molecule has 2 fully saturated rings. The largest absolute Gasteiger partial charge is 0.380 e. The van der Waals surface area contributed by atoms with Crippen molar-refractivity contribution in [3.8, 4) is 0 Å². The zero-order valence-corrected chi connectivity index (χ0v) is 12.0. The maximum atomic E-state index is 12.5. The van der Waals surface area contributed by atoms with E-state index in [2.05, 4.69) is 9.88 Å². The molecule has 1 atom stereocenters. The number of ether oxygens (including phenoxy) is 1. The highest BCUT2D eigenvalue weighted by atomic mass is 16.5. The monoisotopic (exact) mass is 278 g/mol. The quantitative estimate of drug-likeness (QED) is 0.783. The fraction of sp³-hybridized carbons (Fsp3) is 0.714. The van der Waals surface area contributed by atoms with Crippen LogP contribution < -0.4 is 0 Å². The molecule has 3 heterocycles. The van der Waals surface area contributed by atoms with Gasteiger partial charge in [-0.05, 0) is 12.8 Å². The predicted molar refractivity (Wildman–Crippen MR) is 74.5 cm³/mol. The molecule has 0 saturated carbocycles. The molecule has 2 aliphatic rings. The third kappa shape index (κ3) is 2.71. The topological polar surface area (TPSA) is 50.6 Å². The van der Waals surface area contributed by atoms with Gasteiger partial charge < -0.3 is 14.2 Å². The summed E-state index contributed by atoms with van der Waals surface area (Å²) in [6, 6.07) is 0.543. The van der Waals surface area contributed by atoms with Gasteiger partial charge in [-0.15, -0.1) is 0 Å². The van der Waals surface area contributed by atoms with E-state index in [9.17, 15) is 4.79 Å². The maximum Gasteiger partial charge on any atom is 0.272 e. The lowest BCUT2D eigenvalue weighted by Crippen LogP contribution is -2.40. The summed E-state index contributed by atoms with van der Waals surface area (Å²) in [5, 5.41) is 0. The van der Waals surface area contributed by atoms with Crippen LogP contribution in [0, 0.1) is 0 Å². The van der Waals surface area contributed by atoms with Crippen molar-refractivity contribution >= 4 is 5.91 Å². The fourth-order valence-corrected chi connectivity index (χ4v) is 3.04. The summed E-state index contributed by atoms with van der Waals surface area (Å²) in [6.07, 6.45) is 5.47. The molecule has 0 aliphatic carbocycles. The Bertz CT molecular complexity index is 467. The van der Waals surface area contributed by atoms with Gasteiger partial charge in [-0.3, -0.25) is 9.69 Å². The number of amides is 1. The predicted octanol–water partition coefficient (Wildman–Crippen LogP) is 0.357. The second kappa shape index (κ2) is 5.93. The molecule has 20 heavy (non-hydrogen) atoms. The third-order valence-electron chi connectivity index (χ3n) is 4.28. The van der Waals surface area contributed by atoms with E-state index in [1.807, 2.05) is 11.9 Å². The fourth-order valence-electron chi connectivity index (χ4n) is 3.04. The molecule has 1 aromatic heterocycles. The molecule has 0 radical (unpaired) electrons. The van der Waals surface area contributed by atoms with E-state index in [0.29, 0.717) is 11.7 Å². The first-order valence-electron chi connectivity index (χ1n) is 7.33. The van der Waals surface area contributed by atoms with Crippen LogP contribution in [0.4, 0.5) is 0 Å². The van der Waals surface area contributed by atoms with Gasteiger partial charge in [0, 0.05) is 45.9 Å². The van der Waals surface area contributed by atoms with E-state index in [0.717, 1.165) is 52.2 Å². The molecule has 0 N–H and O–H groups in total. The van der Waals surface area contributed by atoms with Crippen molar-refractivity contribution in [2.45, 2.75) is 18.9 Å². The molecule has 0 aromatic carbocycles. The number of carbonyl (C=O) groups is 1. The SMILES string of the molecule is Cn1cncc1C(=O)N1CCCN(C2CCOC2)CC1. The molecule has 2 saturated heterocycles. The van der Waals surface area contributed by atoms with Crippen LogP contribution in [0.3, 0.4) is 0 Å². The Morgan fingerprint density at radius 2 is 2.25 bits per heavy atom. The van der Waals surface area contributed by atoms with E-state index in [4.69, 9.17) is 4.74 Å². The Balaban J connectivity index is 1.62. The van der Waals surface area contributed by atoms with E-state index >= 15 is 0 Å². The molecule has 1 unspecified atom stereocenters. The number of hydrogen-bond acceptors (Lipinski definition) is 4. The van der Waals surface area contributed by atoms with Crippen LogP contribution in [0.15, 0.2) is 12.5 Å². The van der Waals surface area contributed by atoms with Crippen molar-refractivity contribution in [2.24, 2.45) is 7.05 Å². The standard InChI is InChI=1S/C14H22N4O2/c1-16-11-15-9-13(16)14(19)18-5-2-4-17(6-7-18)12-3-8-20-10-12/h9,11-12H,2-8,10H2,1H3. The number of nitrogens with zero attached hydrogens (tertiary/aromatic N) is 4. The molecular formula is C14H22N4O2. The first kappa shape index (κ1) is 13.6. The van der Waals surface area contributed by atoms with Crippen LogP contribution in [-0.2, 0) is 11.8 Å².